The number of carbonyl (C=O) groups excluding carboxylic acids is 1. The molecule has 160 valence electrons. The molecule has 3 heterocycles. The summed E-state index contributed by atoms with van der Waals surface area (Å²) in [5, 5.41) is 0. The van der Waals surface area contributed by atoms with Gasteiger partial charge in [0.25, 0.3) is 0 Å². The Hall–Kier alpha value is -2.17. The van der Waals surface area contributed by atoms with Crippen LogP contribution in [0.25, 0.3) is 12.2 Å². The number of alkyl halides is 4. The molecule has 2 aromatic rings. The predicted molar refractivity (Wildman–Crippen MR) is 109 cm³/mol. The second-order valence-electron chi connectivity index (χ2n) is 7.05. The van der Waals surface area contributed by atoms with Crippen LogP contribution in [0.4, 0.5) is 17.6 Å². The molecule has 10 heteroatoms. The maximum atomic E-state index is 14.4. The van der Waals surface area contributed by atoms with Gasteiger partial charge in [-0.3, -0.25) is 9.53 Å². The highest BCUT2D eigenvalue weighted by molar-refractivity contribution is 9.10. The largest absolute Gasteiger partial charge is 0.451 e. The fourth-order valence-corrected chi connectivity index (χ4v) is 4.54. The Labute approximate surface area is 189 Å². The molecule has 5 rings (SSSR count). The fraction of sp³-hybridized carbons (Fsp3) is 0.190. The van der Waals surface area contributed by atoms with E-state index >= 15 is 0 Å². The van der Waals surface area contributed by atoms with E-state index in [4.69, 9.17) is 14.2 Å². The Morgan fingerprint density at radius 3 is 1.55 bits per heavy atom. The molecule has 3 aliphatic rings. The number of halogens is 6. The number of Topliss-reactive ketones (excluding diaryl/α,β-unsaturated/α-hetero) is 1. The molecular formula is C21H10Br2F4O4. The second kappa shape index (κ2) is 6.91. The first kappa shape index (κ1) is 20.7. The Bertz CT molecular complexity index is 1110. The third-order valence-electron chi connectivity index (χ3n) is 5.18. The van der Waals surface area contributed by atoms with Gasteiger partial charge in [-0.15, -0.1) is 0 Å². The van der Waals surface area contributed by atoms with Crippen molar-refractivity contribution >= 4 is 49.8 Å². The van der Waals surface area contributed by atoms with E-state index in [2.05, 4.69) is 31.9 Å². The zero-order chi connectivity index (χ0) is 22.1. The number of carbonyl (C=O) groups is 1. The number of hydrogen-bond acceptors (Lipinski definition) is 4. The zero-order valence-electron chi connectivity index (χ0n) is 15.2. The van der Waals surface area contributed by atoms with Crippen LogP contribution in [0.15, 0.2) is 56.5 Å². The topological polar surface area (TPSA) is 44.8 Å². The van der Waals surface area contributed by atoms with E-state index in [1.807, 2.05) is 0 Å². The van der Waals surface area contributed by atoms with E-state index in [0.717, 1.165) is 0 Å². The summed E-state index contributed by atoms with van der Waals surface area (Å²) in [7, 11) is 0. The maximum absolute atomic E-state index is 14.4. The summed E-state index contributed by atoms with van der Waals surface area (Å²) in [5.74, 6) is -7.27. The third kappa shape index (κ3) is 2.91. The Morgan fingerprint density at radius 2 is 1.16 bits per heavy atom. The van der Waals surface area contributed by atoms with E-state index in [1.54, 1.807) is 12.1 Å². The molecule has 1 saturated heterocycles. The lowest BCUT2D eigenvalue weighted by atomic mass is 9.82. The first-order valence-electron chi connectivity index (χ1n) is 8.89. The lowest BCUT2D eigenvalue weighted by Gasteiger charge is -2.49. The van der Waals surface area contributed by atoms with Crippen molar-refractivity contribution in [3.63, 3.8) is 0 Å². The van der Waals surface area contributed by atoms with Crippen LogP contribution in [0.2, 0.25) is 0 Å². The smallest absolute Gasteiger partial charge is 0.307 e. The standard InChI is InChI=1S/C21H10Br2F4O4/c22-11-1-3-15-9(5-11)7-13-17(28)14-8-10-6-12(23)2-4-16(10)30-21(14,19(26)27)31-20(13,29-15)18(24)25/h1-8,18-19H/t20-,21-/m1/s1. The van der Waals surface area contributed by atoms with Crippen molar-refractivity contribution in [3.8, 4) is 11.5 Å². The summed E-state index contributed by atoms with van der Waals surface area (Å²) in [6, 6.07) is 8.91. The van der Waals surface area contributed by atoms with E-state index in [-0.39, 0.29) is 11.5 Å². The highest BCUT2D eigenvalue weighted by Crippen LogP contribution is 2.53. The molecule has 0 saturated carbocycles. The summed E-state index contributed by atoms with van der Waals surface area (Å²) in [6.07, 6.45) is -4.59. The Balaban J connectivity index is 1.76. The molecule has 3 aliphatic heterocycles. The fourth-order valence-electron chi connectivity index (χ4n) is 3.78. The molecule has 2 atom stereocenters. The number of benzene rings is 2. The first-order valence-corrected chi connectivity index (χ1v) is 10.5. The molecule has 0 aromatic heterocycles. The quantitative estimate of drug-likeness (QED) is 0.423. The van der Waals surface area contributed by atoms with Crippen LogP contribution >= 0.6 is 31.9 Å². The minimum atomic E-state index is -3.47. The van der Waals surface area contributed by atoms with Crippen molar-refractivity contribution in [3.05, 3.63) is 67.6 Å². The van der Waals surface area contributed by atoms with Crippen molar-refractivity contribution in [1.82, 2.24) is 0 Å². The van der Waals surface area contributed by atoms with Crippen molar-refractivity contribution in [2.45, 2.75) is 24.4 Å². The van der Waals surface area contributed by atoms with Gasteiger partial charge in [-0.2, -0.15) is 0 Å². The molecule has 0 unspecified atom stereocenters. The van der Waals surface area contributed by atoms with Crippen molar-refractivity contribution in [2.75, 3.05) is 0 Å². The number of rotatable bonds is 2. The number of fused-ring (bicyclic) bond motifs is 4. The molecule has 0 aliphatic carbocycles. The number of ether oxygens (including phenoxy) is 3. The summed E-state index contributed by atoms with van der Waals surface area (Å²) in [4.78, 5) is 13.3. The van der Waals surface area contributed by atoms with Gasteiger partial charge >= 0.3 is 24.4 Å². The van der Waals surface area contributed by atoms with Gasteiger partial charge in [0.2, 0.25) is 0 Å². The lowest BCUT2D eigenvalue weighted by Crippen LogP contribution is -2.67. The molecule has 0 radical (unpaired) electrons. The van der Waals surface area contributed by atoms with Crippen LogP contribution in [0, 0.1) is 0 Å². The molecule has 0 N–H and O–H groups in total. The van der Waals surface area contributed by atoms with Crippen LogP contribution in [0.3, 0.4) is 0 Å². The average molecular weight is 562 g/mol. The van der Waals surface area contributed by atoms with E-state index in [9.17, 15) is 22.4 Å². The summed E-state index contributed by atoms with van der Waals surface area (Å²) >= 11 is 6.52. The monoisotopic (exact) mass is 560 g/mol. The molecule has 4 nitrogen and oxygen atoms in total. The van der Waals surface area contributed by atoms with E-state index in [0.29, 0.717) is 20.1 Å². The molecule has 1 fully saturated rings. The van der Waals surface area contributed by atoms with Crippen LogP contribution in [0.5, 0.6) is 11.5 Å². The number of ketones is 1. The van der Waals surface area contributed by atoms with Gasteiger partial charge in [-0.25, -0.2) is 17.6 Å². The first-order chi connectivity index (χ1) is 14.7. The van der Waals surface area contributed by atoms with Gasteiger partial charge in [0.05, 0.1) is 11.1 Å². The highest BCUT2D eigenvalue weighted by Gasteiger charge is 2.68. The van der Waals surface area contributed by atoms with Gasteiger partial charge in [0.15, 0.2) is 5.78 Å². The second-order valence-corrected chi connectivity index (χ2v) is 8.88. The SMILES string of the molecule is O=C1C2=Cc3cc(Br)ccc3O[C@@]2(C(F)F)O[C@]2(C(F)F)Oc3ccc(Br)cc3C=C12. The Kier molecular flexibility index (Phi) is 4.62. The van der Waals surface area contributed by atoms with Gasteiger partial charge in [-0.1, -0.05) is 31.9 Å². The van der Waals surface area contributed by atoms with Gasteiger partial charge in [-0.05, 0) is 48.6 Å². The van der Waals surface area contributed by atoms with E-state index < -0.39 is 41.4 Å². The van der Waals surface area contributed by atoms with Gasteiger partial charge in [0, 0.05) is 20.1 Å². The highest BCUT2D eigenvalue weighted by atomic mass is 79.9. The number of hydrogen-bond donors (Lipinski definition) is 0. The van der Waals surface area contributed by atoms with Gasteiger partial charge in [0.1, 0.15) is 11.5 Å². The zero-order valence-corrected chi connectivity index (χ0v) is 18.3. The molecule has 0 bridgehead atoms. The summed E-state index contributed by atoms with van der Waals surface area (Å²) in [5.41, 5.74) is -0.527. The van der Waals surface area contributed by atoms with E-state index in [1.165, 1.54) is 36.4 Å². The van der Waals surface area contributed by atoms with Crippen molar-refractivity contribution in [1.29, 1.82) is 0 Å². The minimum absolute atomic E-state index is 0.0444. The minimum Gasteiger partial charge on any atom is -0.451 e. The Morgan fingerprint density at radius 1 is 0.742 bits per heavy atom. The maximum Gasteiger partial charge on any atom is 0.307 e. The van der Waals surface area contributed by atoms with Crippen LogP contribution in [-0.2, 0) is 9.53 Å². The molecular weight excluding hydrogens is 552 g/mol. The summed E-state index contributed by atoms with van der Waals surface area (Å²) < 4.78 is 74.8. The van der Waals surface area contributed by atoms with Crippen molar-refractivity contribution < 1.29 is 36.6 Å². The van der Waals surface area contributed by atoms with Crippen LogP contribution in [0.1, 0.15) is 11.1 Å². The molecule has 0 spiro atoms. The third-order valence-corrected chi connectivity index (χ3v) is 6.17. The average Bonchev–Trinajstić information content (AvgIpc) is 2.71. The molecule has 31 heavy (non-hydrogen) atoms. The molecule has 0 amide bonds. The van der Waals surface area contributed by atoms with Crippen LogP contribution in [-0.4, -0.2) is 30.2 Å². The lowest BCUT2D eigenvalue weighted by molar-refractivity contribution is -0.348. The van der Waals surface area contributed by atoms with Crippen molar-refractivity contribution in [2.24, 2.45) is 0 Å². The molecule has 2 aromatic carbocycles. The summed E-state index contributed by atoms with van der Waals surface area (Å²) in [6.45, 7) is 0. The normalized spacial score (nSPS) is 26.1. The van der Waals surface area contributed by atoms with Crippen LogP contribution < -0.4 is 9.47 Å². The van der Waals surface area contributed by atoms with Gasteiger partial charge < -0.3 is 9.47 Å². The predicted octanol–water partition coefficient (Wildman–Crippen LogP) is 5.99.